The summed E-state index contributed by atoms with van der Waals surface area (Å²) in [6.07, 6.45) is 3.58. The minimum Gasteiger partial charge on any atom is -0.478 e. The normalized spacial score (nSPS) is 11.1. The van der Waals surface area contributed by atoms with Gasteiger partial charge in [0.2, 0.25) is 0 Å². The standard InChI is InChI=1S/C23H37NO4/c1-7-24(8-2)23(27)28-15-18-13-14-20(22(25)26)19(21(18)17(5)6)12-10-9-11-16(3)4/h13-14,16-17H,7-12,15H2,1-6H3,(H,25,26). The van der Waals surface area contributed by atoms with Gasteiger partial charge in [-0.3, -0.25) is 0 Å². The number of aromatic carboxylic acids is 1. The lowest BCUT2D eigenvalue weighted by Crippen LogP contribution is -2.31. The number of hydrogen-bond acceptors (Lipinski definition) is 3. The zero-order valence-corrected chi connectivity index (χ0v) is 18.4. The third kappa shape index (κ3) is 6.84. The Bertz CT molecular complexity index is 648. The Morgan fingerprint density at radius 3 is 2.21 bits per heavy atom. The average molecular weight is 392 g/mol. The first-order chi connectivity index (χ1) is 13.2. The fraction of sp³-hybridized carbons (Fsp3) is 0.652. The maximum absolute atomic E-state index is 12.2. The fourth-order valence-corrected chi connectivity index (χ4v) is 3.59. The molecule has 1 amide bonds. The first-order valence-electron chi connectivity index (χ1n) is 10.5. The molecule has 0 aliphatic carbocycles. The third-order valence-electron chi connectivity index (χ3n) is 5.09. The Labute approximate surface area is 170 Å². The summed E-state index contributed by atoms with van der Waals surface area (Å²) in [6.45, 7) is 13.7. The van der Waals surface area contributed by atoms with Gasteiger partial charge >= 0.3 is 12.1 Å². The van der Waals surface area contributed by atoms with Gasteiger partial charge < -0.3 is 14.7 Å². The molecule has 1 aromatic rings. The fourth-order valence-electron chi connectivity index (χ4n) is 3.59. The molecule has 1 aromatic carbocycles. The molecule has 0 saturated carbocycles. The van der Waals surface area contributed by atoms with E-state index in [9.17, 15) is 14.7 Å². The van der Waals surface area contributed by atoms with Crippen LogP contribution >= 0.6 is 0 Å². The molecule has 1 rings (SSSR count). The van der Waals surface area contributed by atoms with Gasteiger partial charge in [0.25, 0.3) is 0 Å². The van der Waals surface area contributed by atoms with Gasteiger partial charge in [0.15, 0.2) is 0 Å². The zero-order valence-electron chi connectivity index (χ0n) is 18.4. The van der Waals surface area contributed by atoms with Gasteiger partial charge in [-0.05, 0) is 61.3 Å². The number of carboxylic acids is 1. The van der Waals surface area contributed by atoms with E-state index < -0.39 is 5.97 Å². The first-order valence-corrected chi connectivity index (χ1v) is 10.5. The van der Waals surface area contributed by atoms with Crippen molar-refractivity contribution in [2.24, 2.45) is 5.92 Å². The number of amides is 1. The summed E-state index contributed by atoms with van der Waals surface area (Å²) in [5.41, 5.74) is 3.17. The number of nitrogens with zero attached hydrogens (tertiary/aromatic N) is 1. The molecule has 0 aromatic heterocycles. The lowest BCUT2D eigenvalue weighted by molar-refractivity contribution is 0.0694. The van der Waals surface area contributed by atoms with Crippen molar-refractivity contribution in [2.75, 3.05) is 13.1 Å². The van der Waals surface area contributed by atoms with E-state index in [1.807, 2.05) is 13.8 Å². The molecule has 0 heterocycles. The molecular weight excluding hydrogens is 354 g/mol. The molecule has 1 N–H and O–H groups in total. The molecule has 5 nitrogen and oxygen atoms in total. The third-order valence-corrected chi connectivity index (χ3v) is 5.09. The number of carbonyl (C=O) groups is 2. The summed E-state index contributed by atoms with van der Waals surface area (Å²) < 4.78 is 5.51. The smallest absolute Gasteiger partial charge is 0.410 e. The maximum atomic E-state index is 12.2. The zero-order chi connectivity index (χ0) is 21.3. The summed E-state index contributed by atoms with van der Waals surface area (Å²) in [4.78, 5) is 25.6. The lowest BCUT2D eigenvalue weighted by atomic mass is 9.86. The summed E-state index contributed by atoms with van der Waals surface area (Å²) in [5, 5.41) is 9.67. The molecular formula is C23H37NO4. The van der Waals surface area contributed by atoms with Gasteiger partial charge in [-0.25, -0.2) is 9.59 Å². The molecule has 0 bridgehead atoms. The van der Waals surface area contributed by atoms with Crippen LogP contribution in [-0.4, -0.2) is 35.2 Å². The van der Waals surface area contributed by atoms with Crippen molar-refractivity contribution in [3.8, 4) is 0 Å². The van der Waals surface area contributed by atoms with Crippen LogP contribution in [0.4, 0.5) is 4.79 Å². The lowest BCUT2D eigenvalue weighted by Gasteiger charge is -2.22. The predicted molar refractivity (Wildman–Crippen MR) is 113 cm³/mol. The Morgan fingerprint density at radius 2 is 1.71 bits per heavy atom. The monoisotopic (exact) mass is 391 g/mol. The molecule has 0 unspecified atom stereocenters. The Hall–Kier alpha value is -2.04. The number of carbonyl (C=O) groups excluding carboxylic acids is 1. The average Bonchev–Trinajstić information content (AvgIpc) is 2.63. The van der Waals surface area contributed by atoms with Gasteiger partial charge in [-0.2, -0.15) is 0 Å². The minimum atomic E-state index is -0.896. The van der Waals surface area contributed by atoms with Crippen LogP contribution in [0.1, 0.15) is 93.8 Å². The summed E-state index contributed by atoms with van der Waals surface area (Å²) in [6, 6.07) is 3.46. The van der Waals surface area contributed by atoms with E-state index in [-0.39, 0.29) is 18.6 Å². The number of unbranched alkanes of at least 4 members (excludes halogenated alkanes) is 1. The van der Waals surface area contributed by atoms with Crippen LogP contribution in [0.2, 0.25) is 0 Å². The molecule has 0 radical (unpaired) electrons. The predicted octanol–water partition coefficient (Wildman–Crippen LogP) is 5.86. The van der Waals surface area contributed by atoms with Crippen LogP contribution in [0.25, 0.3) is 0 Å². The van der Waals surface area contributed by atoms with Crippen molar-refractivity contribution in [2.45, 2.75) is 79.8 Å². The topological polar surface area (TPSA) is 66.8 Å². The molecule has 0 aliphatic heterocycles. The Morgan fingerprint density at radius 1 is 1.07 bits per heavy atom. The Kier molecular flexibility index (Phi) is 10.0. The van der Waals surface area contributed by atoms with Crippen molar-refractivity contribution in [1.29, 1.82) is 0 Å². The van der Waals surface area contributed by atoms with Crippen molar-refractivity contribution in [3.05, 3.63) is 34.4 Å². The van der Waals surface area contributed by atoms with Gasteiger partial charge in [0.05, 0.1) is 5.56 Å². The number of benzene rings is 1. The first kappa shape index (κ1) is 24.0. The molecule has 28 heavy (non-hydrogen) atoms. The van der Waals surface area contributed by atoms with E-state index >= 15 is 0 Å². The van der Waals surface area contributed by atoms with Crippen LogP contribution in [0, 0.1) is 5.92 Å². The summed E-state index contributed by atoms with van der Waals surface area (Å²) >= 11 is 0. The molecule has 5 heteroatoms. The minimum absolute atomic E-state index is 0.154. The largest absolute Gasteiger partial charge is 0.478 e. The number of ether oxygens (including phenoxy) is 1. The van der Waals surface area contributed by atoms with Crippen LogP contribution in [0.15, 0.2) is 12.1 Å². The molecule has 0 atom stereocenters. The quantitative estimate of drug-likeness (QED) is 0.480. The molecule has 0 saturated heterocycles. The molecule has 0 aliphatic rings. The van der Waals surface area contributed by atoms with Gasteiger partial charge in [0.1, 0.15) is 6.61 Å². The number of carboxylic acid groups (broad SMARTS) is 1. The molecule has 158 valence electrons. The number of hydrogen-bond donors (Lipinski definition) is 1. The SMILES string of the molecule is CCN(CC)C(=O)OCc1ccc(C(=O)O)c(CCCCC(C)C)c1C(C)C. The second kappa shape index (κ2) is 11.7. The van der Waals surface area contributed by atoms with Crippen molar-refractivity contribution >= 4 is 12.1 Å². The van der Waals surface area contributed by atoms with Gasteiger partial charge in [-0.15, -0.1) is 0 Å². The number of rotatable bonds is 11. The second-order valence-electron chi connectivity index (χ2n) is 7.99. The maximum Gasteiger partial charge on any atom is 0.410 e. The second-order valence-corrected chi connectivity index (χ2v) is 7.99. The van der Waals surface area contributed by atoms with Crippen LogP contribution in [0.3, 0.4) is 0 Å². The van der Waals surface area contributed by atoms with Gasteiger partial charge in [0, 0.05) is 13.1 Å². The van der Waals surface area contributed by atoms with E-state index in [1.54, 1.807) is 17.0 Å². The van der Waals surface area contributed by atoms with Crippen LogP contribution in [-0.2, 0) is 17.8 Å². The Balaban J connectivity index is 3.11. The van der Waals surface area contributed by atoms with E-state index in [0.29, 0.717) is 24.6 Å². The van der Waals surface area contributed by atoms with Crippen molar-refractivity contribution in [1.82, 2.24) is 4.90 Å². The molecule has 0 spiro atoms. The highest BCUT2D eigenvalue weighted by atomic mass is 16.6. The van der Waals surface area contributed by atoms with E-state index in [1.165, 1.54) is 0 Å². The van der Waals surface area contributed by atoms with E-state index in [4.69, 9.17) is 4.74 Å². The molecule has 0 fully saturated rings. The van der Waals surface area contributed by atoms with Crippen LogP contribution in [0.5, 0.6) is 0 Å². The van der Waals surface area contributed by atoms with E-state index in [0.717, 1.165) is 42.4 Å². The summed E-state index contributed by atoms with van der Waals surface area (Å²) in [7, 11) is 0. The van der Waals surface area contributed by atoms with Crippen molar-refractivity contribution < 1.29 is 19.4 Å². The van der Waals surface area contributed by atoms with E-state index in [2.05, 4.69) is 27.7 Å². The highest BCUT2D eigenvalue weighted by Crippen LogP contribution is 2.30. The highest BCUT2D eigenvalue weighted by Gasteiger charge is 2.21. The van der Waals surface area contributed by atoms with Crippen LogP contribution < -0.4 is 0 Å². The summed E-state index contributed by atoms with van der Waals surface area (Å²) in [5.74, 6) is -0.0941. The van der Waals surface area contributed by atoms with Gasteiger partial charge in [-0.1, -0.05) is 46.6 Å². The highest BCUT2D eigenvalue weighted by molar-refractivity contribution is 5.90. The van der Waals surface area contributed by atoms with Crippen molar-refractivity contribution in [3.63, 3.8) is 0 Å².